The van der Waals surface area contributed by atoms with E-state index in [4.69, 9.17) is 11.6 Å². The second-order valence-electron chi connectivity index (χ2n) is 8.04. The lowest BCUT2D eigenvalue weighted by atomic mass is 9.90. The van der Waals surface area contributed by atoms with Crippen LogP contribution >= 0.6 is 11.6 Å². The number of aliphatic hydroxyl groups is 1. The monoisotopic (exact) mass is 377 g/mol. The minimum absolute atomic E-state index is 0.0517. The molecule has 0 radical (unpaired) electrons. The summed E-state index contributed by atoms with van der Waals surface area (Å²) in [5.41, 5.74) is -0.142. The minimum atomic E-state index is -1.21. The Morgan fingerprint density at radius 1 is 1.12 bits per heavy atom. The predicted molar refractivity (Wildman–Crippen MR) is 104 cm³/mol. The number of hydrogen-bond donors (Lipinski definition) is 1. The number of carbonyl (C=O) groups excluding carboxylic acids is 1. The number of amides is 1. The molecule has 0 unspecified atom stereocenters. The van der Waals surface area contributed by atoms with Gasteiger partial charge in [-0.15, -0.1) is 0 Å². The molecule has 3 aliphatic rings. The minimum Gasteiger partial charge on any atom is -0.379 e. The molecule has 0 bridgehead atoms. The molecular formula is C20H28ClN3O2. The predicted octanol–water partition coefficient (Wildman–Crippen LogP) is 2.23. The fourth-order valence-corrected chi connectivity index (χ4v) is 4.48. The van der Waals surface area contributed by atoms with Gasteiger partial charge in [0.1, 0.15) is 0 Å². The fraction of sp³-hybridized carbons (Fsp3) is 0.650. The van der Waals surface area contributed by atoms with Crippen LogP contribution in [0.3, 0.4) is 0 Å². The Hall–Kier alpha value is -1.30. The summed E-state index contributed by atoms with van der Waals surface area (Å²) in [6.45, 7) is 5.48. The Morgan fingerprint density at radius 2 is 1.85 bits per heavy atom. The first-order valence-electron chi connectivity index (χ1n) is 9.79. The van der Waals surface area contributed by atoms with E-state index < -0.39 is 5.60 Å². The Bertz CT molecular complexity index is 658. The molecule has 5 nitrogen and oxygen atoms in total. The molecule has 142 valence electrons. The quantitative estimate of drug-likeness (QED) is 0.854. The van der Waals surface area contributed by atoms with Gasteiger partial charge >= 0.3 is 0 Å². The third-order valence-electron chi connectivity index (χ3n) is 5.93. The molecule has 6 heteroatoms. The number of anilines is 1. The number of halogens is 1. The van der Waals surface area contributed by atoms with Gasteiger partial charge in [0.05, 0.1) is 10.7 Å². The van der Waals surface area contributed by atoms with Gasteiger partial charge in [-0.25, -0.2) is 0 Å². The van der Waals surface area contributed by atoms with E-state index in [9.17, 15) is 9.90 Å². The van der Waals surface area contributed by atoms with Crippen molar-refractivity contribution in [3.8, 4) is 0 Å². The largest absolute Gasteiger partial charge is 0.379 e. The Morgan fingerprint density at radius 3 is 2.54 bits per heavy atom. The van der Waals surface area contributed by atoms with Crippen LogP contribution in [-0.2, 0) is 4.79 Å². The molecule has 3 fully saturated rings. The highest BCUT2D eigenvalue weighted by Crippen LogP contribution is 2.33. The molecular weight excluding hydrogens is 350 g/mol. The number of rotatable bonds is 5. The fourth-order valence-electron chi connectivity index (χ4n) is 4.22. The van der Waals surface area contributed by atoms with E-state index in [1.165, 1.54) is 12.8 Å². The van der Waals surface area contributed by atoms with Crippen molar-refractivity contribution in [1.82, 2.24) is 9.80 Å². The third-order valence-corrected chi connectivity index (χ3v) is 6.25. The van der Waals surface area contributed by atoms with Gasteiger partial charge in [0.2, 0.25) is 0 Å². The number of benzene rings is 1. The maximum absolute atomic E-state index is 12.8. The average molecular weight is 378 g/mol. The van der Waals surface area contributed by atoms with E-state index in [1.807, 2.05) is 29.2 Å². The van der Waals surface area contributed by atoms with Crippen LogP contribution in [0.5, 0.6) is 0 Å². The van der Waals surface area contributed by atoms with Gasteiger partial charge in [-0.2, -0.15) is 0 Å². The van der Waals surface area contributed by atoms with Crippen LogP contribution in [0.15, 0.2) is 24.3 Å². The molecule has 1 amide bonds. The maximum atomic E-state index is 12.8. The zero-order valence-electron chi connectivity index (χ0n) is 15.2. The molecule has 1 aliphatic carbocycles. The topological polar surface area (TPSA) is 47.0 Å². The molecule has 1 N–H and O–H groups in total. The number of β-amino-alcohol motifs (C(OH)–C–C–N with tert-alkyl or cyclic N) is 1. The zero-order chi connectivity index (χ0) is 18.1. The van der Waals surface area contributed by atoms with E-state index in [1.54, 1.807) is 0 Å². The second-order valence-corrected chi connectivity index (χ2v) is 8.45. The van der Waals surface area contributed by atoms with Gasteiger partial charge in [0, 0.05) is 45.8 Å². The number of hydrogen-bond acceptors (Lipinski definition) is 4. The molecule has 1 aromatic rings. The van der Waals surface area contributed by atoms with Crippen molar-refractivity contribution in [1.29, 1.82) is 0 Å². The number of piperidine rings is 1. The van der Waals surface area contributed by atoms with Crippen molar-refractivity contribution in [2.45, 2.75) is 31.3 Å². The van der Waals surface area contributed by atoms with Crippen molar-refractivity contribution in [2.24, 2.45) is 5.92 Å². The summed E-state index contributed by atoms with van der Waals surface area (Å²) >= 11 is 6.31. The van der Waals surface area contributed by atoms with Crippen LogP contribution in [0.2, 0.25) is 5.02 Å². The standard InChI is InChI=1S/C20H28ClN3O2/c21-17-4-1-2-5-18(17)23-12-10-22(11-13-23)15-20(26)8-3-9-24(19(20)25)14-16-6-7-16/h1-2,4-5,16,26H,3,6-15H2/t20-/m0/s1. The molecule has 4 rings (SSSR count). The highest BCUT2D eigenvalue weighted by atomic mass is 35.5. The lowest BCUT2D eigenvalue weighted by molar-refractivity contribution is -0.159. The van der Waals surface area contributed by atoms with Crippen LogP contribution in [0.25, 0.3) is 0 Å². The second kappa shape index (κ2) is 7.37. The molecule has 1 atom stereocenters. The van der Waals surface area contributed by atoms with Crippen LogP contribution in [-0.4, -0.2) is 72.2 Å². The summed E-state index contributed by atoms with van der Waals surface area (Å²) in [5.74, 6) is 0.615. The van der Waals surface area contributed by atoms with Crippen molar-refractivity contribution >= 4 is 23.2 Å². The van der Waals surface area contributed by atoms with Gasteiger partial charge < -0.3 is 14.9 Å². The van der Waals surface area contributed by atoms with Crippen LogP contribution in [0.1, 0.15) is 25.7 Å². The van der Waals surface area contributed by atoms with E-state index in [-0.39, 0.29) is 5.91 Å². The summed E-state index contributed by atoms with van der Waals surface area (Å²) in [6.07, 6.45) is 3.94. The van der Waals surface area contributed by atoms with Crippen molar-refractivity contribution < 1.29 is 9.90 Å². The molecule has 0 spiro atoms. The molecule has 1 saturated carbocycles. The zero-order valence-corrected chi connectivity index (χ0v) is 16.0. The first-order chi connectivity index (χ1) is 12.5. The van der Waals surface area contributed by atoms with Gasteiger partial charge in [-0.1, -0.05) is 23.7 Å². The Balaban J connectivity index is 1.34. The molecule has 26 heavy (non-hydrogen) atoms. The number of likely N-dealkylation sites (tertiary alicyclic amines) is 1. The van der Waals surface area contributed by atoms with E-state index in [0.717, 1.165) is 56.4 Å². The summed E-state index contributed by atoms with van der Waals surface area (Å²) in [6, 6.07) is 7.91. The van der Waals surface area contributed by atoms with Gasteiger partial charge in [0.25, 0.3) is 5.91 Å². The average Bonchev–Trinajstić information content (AvgIpc) is 3.45. The van der Waals surface area contributed by atoms with Crippen LogP contribution < -0.4 is 4.90 Å². The van der Waals surface area contributed by atoms with E-state index in [2.05, 4.69) is 9.80 Å². The lowest BCUT2D eigenvalue weighted by Gasteiger charge is -2.43. The lowest BCUT2D eigenvalue weighted by Crippen LogP contribution is -2.60. The summed E-state index contributed by atoms with van der Waals surface area (Å²) < 4.78 is 0. The van der Waals surface area contributed by atoms with Gasteiger partial charge in [-0.05, 0) is 43.7 Å². The highest BCUT2D eigenvalue weighted by Gasteiger charge is 2.44. The number of piperazine rings is 1. The highest BCUT2D eigenvalue weighted by molar-refractivity contribution is 6.33. The molecule has 2 aliphatic heterocycles. The summed E-state index contributed by atoms with van der Waals surface area (Å²) in [4.78, 5) is 19.3. The van der Waals surface area contributed by atoms with E-state index in [0.29, 0.717) is 18.9 Å². The smallest absolute Gasteiger partial charge is 0.255 e. The van der Waals surface area contributed by atoms with Gasteiger partial charge in [-0.3, -0.25) is 9.69 Å². The number of para-hydroxylation sites is 1. The SMILES string of the molecule is O=C1N(CC2CC2)CCC[C@]1(O)CN1CCN(c2ccccc2Cl)CC1. The Kier molecular flexibility index (Phi) is 5.13. The third kappa shape index (κ3) is 3.85. The first kappa shape index (κ1) is 18.1. The van der Waals surface area contributed by atoms with Crippen molar-refractivity contribution in [2.75, 3.05) is 50.7 Å². The van der Waals surface area contributed by atoms with Crippen LogP contribution in [0, 0.1) is 5.92 Å². The molecule has 2 saturated heterocycles. The maximum Gasteiger partial charge on any atom is 0.255 e. The first-order valence-corrected chi connectivity index (χ1v) is 10.2. The summed E-state index contributed by atoms with van der Waals surface area (Å²) in [5, 5.41) is 11.8. The molecule has 1 aromatic carbocycles. The van der Waals surface area contributed by atoms with Crippen LogP contribution in [0.4, 0.5) is 5.69 Å². The Labute approximate surface area is 160 Å². The molecule has 0 aromatic heterocycles. The normalized spacial score (nSPS) is 27.8. The number of carbonyl (C=O) groups is 1. The molecule has 2 heterocycles. The summed E-state index contributed by atoms with van der Waals surface area (Å²) in [7, 11) is 0. The van der Waals surface area contributed by atoms with E-state index >= 15 is 0 Å². The number of nitrogens with zero attached hydrogens (tertiary/aromatic N) is 3. The van der Waals surface area contributed by atoms with Crippen molar-refractivity contribution in [3.63, 3.8) is 0 Å². The van der Waals surface area contributed by atoms with Gasteiger partial charge in [0.15, 0.2) is 5.60 Å². The van der Waals surface area contributed by atoms with Crippen molar-refractivity contribution in [3.05, 3.63) is 29.3 Å².